The van der Waals surface area contributed by atoms with Gasteiger partial charge < -0.3 is 9.80 Å². The molecule has 10 aromatic carbocycles. The van der Waals surface area contributed by atoms with Crippen molar-refractivity contribution in [1.82, 2.24) is 0 Å². The largest absolute Gasteiger partial charge is 0.309 e. The minimum Gasteiger partial charge on any atom is -0.309 e. The lowest BCUT2D eigenvalue weighted by Crippen LogP contribution is -2.18. The summed E-state index contributed by atoms with van der Waals surface area (Å²) in [4.78, 5) is 4.71. The number of benzene rings is 10. The number of thiophene rings is 1. The van der Waals surface area contributed by atoms with Crippen LogP contribution in [0.2, 0.25) is 5.02 Å². The first-order valence-corrected chi connectivity index (χ1v) is 31.5. The second kappa shape index (κ2) is 23.0. The zero-order chi connectivity index (χ0) is 63.7. The van der Waals surface area contributed by atoms with E-state index in [1.165, 1.54) is 27.0 Å². The average molecular weight is 1170 g/mol. The van der Waals surface area contributed by atoms with Crippen molar-refractivity contribution in [2.24, 2.45) is 0 Å². The van der Waals surface area contributed by atoms with Gasteiger partial charge in [-0.3, -0.25) is 0 Å². The Morgan fingerprint density at radius 2 is 0.721 bits per heavy atom. The fourth-order valence-electron chi connectivity index (χ4n) is 11.5. The topological polar surface area (TPSA) is 6.48 Å². The molecule has 1 aromatic heterocycles. The molecular formula is C82H83ClN2S. The van der Waals surface area contributed by atoms with E-state index < -0.39 is 0 Å². The Kier molecular flexibility index (Phi) is 15.0. The van der Waals surface area contributed by atoms with Crippen LogP contribution < -0.4 is 9.80 Å². The van der Waals surface area contributed by atoms with E-state index >= 15 is 0 Å². The highest BCUT2D eigenvalue weighted by atomic mass is 35.5. The average Bonchev–Trinajstić information content (AvgIpc) is 1.57. The number of nitrogens with zero attached hydrogens (tertiary/aromatic N) is 2. The molecule has 434 valence electrons. The first kappa shape index (κ1) is 55.9. The molecule has 0 N–H and O–H groups in total. The summed E-state index contributed by atoms with van der Waals surface area (Å²) in [5.74, 6) is 0. The first-order chi connectivity index (χ1) is 41.9. The van der Waals surface area contributed by atoms with Crippen molar-refractivity contribution in [3.05, 3.63) is 263 Å². The monoisotopic (exact) mass is 1170 g/mol. The molecule has 1 heterocycles. The highest BCUT2D eigenvalue weighted by molar-refractivity contribution is 7.17. The molecule has 0 aliphatic rings. The van der Waals surface area contributed by atoms with Gasteiger partial charge >= 0.3 is 0 Å². The molecule has 0 spiro atoms. The molecule has 11 rings (SSSR count). The van der Waals surface area contributed by atoms with Gasteiger partial charge in [0.05, 0.1) is 21.2 Å². The van der Waals surface area contributed by atoms with Crippen LogP contribution in [-0.2, 0) is 27.1 Å². The van der Waals surface area contributed by atoms with Gasteiger partial charge in [0.15, 0.2) is 0 Å². The van der Waals surface area contributed by atoms with Gasteiger partial charge in [0, 0.05) is 59.8 Å². The number of hydrogen-bond acceptors (Lipinski definition) is 3. The first-order valence-electron chi connectivity index (χ1n) is 31.7. The Bertz CT molecular complexity index is 4270. The lowest BCUT2D eigenvalue weighted by Gasteiger charge is -2.35. The van der Waals surface area contributed by atoms with Crippen molar-refractivity contribution in [3.63, 3.8) is 0 Å². The van der Waals surface area contributed by atoms with Crippen molar-refractivity contribution in [3.8, 4) is 55.6 Å². The third-order valence-corrected chi connectivity index (χ3v) is 17.8. The number of fused-ring (bicyclic) bond motifs is 1. The molecule has 4 heteroatoms. The summed E-state index contributed by atoms with van der Waals surface area (Å²) in [5, 5.41) is 3.37. The maximum atomic E-state index is 10.2. The molecule has 0 saturated carbocycles. The molecule has 0 atom stereocenters. The van der Waals surface area contributed by atoms with Crippen LogP contribution in [-0.4, -0.2) is 0 Å². The van der Waals surface area contributed by atoms with Crippen molar-refractivity contribution >= 4 is 67.1 Å². The van der Waals surface area contributed by atoms with Gasteiger partial charge in [-0.2, -0.15) is 0 Å². The number of hydrogen-bond donors (Lipinski definition) is 0. The Morgan fingerprint density at radius 3 is 1.13 bits per heavy atom. The fourth-order valence-corrected chi connectivity index (χ4v) is 12.7. The van der Waals surface area contributed by atoms with Crippen LogP contribution in [0.1, 0.15) is 136 Å². The summed E-state index contributed by atoms with van der Waals surface area (Å²) >= 11 is 9.01. The van der Waals surface area contributed by atoms with Crippen LogP contribution in [0, 0.1) is 0 Å². The predicted octanol–water partition coefficient (Wildman–Crippen LogP) is 25.3. The Balaban J connectivity index is 1.40. The van der Waals surface area contributed by atoms with Gasteiger partial charge in [-0.15, -0.1) is 11.3 Å². The van der Waals surface area contributed by atoms with E-state index in [-0.39, 0.29) is 50.2 Å². The fraction of sp³-hybridized carbons (Fsp3) is 0.244. The van der Waals surface area contributed by atoms with Crippen molar-refractivity contribution < 1.29 is 4.11 Å². The highest BCUT2D eigenvalue weighted by Gasteiger charge is 2.32. The molecule has 0 unspecified atom stereocenters. The third-order valence-electron chi connectivity index (χ3n) is 16.7. The van der Waals surface area contributed by atoms with E-state index in [2.05, 4.69) is 319 Å². The van der Waals surface area contributed by atoms with E-state index in [1.807, 2.05) is 0 Å². The SMILES string of the molecule is [2H]c1cc(N(c2cc(-c3cc(C(C)(C)C)cc(C(C)(C)C)c3)cc(N(c3c(-c4ccccc4)cc(C(C)(C)C)cc3-c3ccccc3)c3csc4cc(C(C)(C)C)ccc34)c2)c2c(-c3ccccc3)cc(C(C)(C)C)cc2-c2ccccc2)c([2H])c(Cl)c1[2H]. The van der Waals surface area contributed by atoms with Crippen LogP contribution in [0.5, 0.6) is 0 Å². The van der Waals surface area contributed by atoms with E-state index in [9.17, 15) is 2.74 Å². The second-order valence-corrected chi connectivity index (χ2v) is 29.6. The number of halogens is 1. The van der Waals surface area contributed by atoms with Crippen LogP contribution in [0.3, 0.4) is 0 Å². The molecule has 0 aliphatic heterocycles. The maximum absolute atomic E-state index is 10.2. The number of anilines is 6. The van der Waals surface area contributed by atoms with Gasteiger partial charge in [0.25, 0.3) is 0 Å². The zero-order valence-corrected chi connectivity index (χ0v) is 54.5. The molecule has 0 bridgehead atoms. The summed E-state index contributed by atoms with van der Waals surface area (Å²) in [7, 11) is 0. The summed E-state index contributed by atoms with van der Waals surface area (Å²) in [5.41, 5.74) is 20.1. The summed E-state index contributed by atoms with van der Waals surface area (Å²) in [6.07, 6.45) is 0. The summed E-state index contributed by atoms with van der Waals surface area (Å²) in [6.45, 7) is 34.3. The molecular weight excluding hydrogens is 1080 g/mol. The second-order valence-electron chi connectivity index (χ2n) is 28.3. The lowest BCUT2D eigenvalue weighted by molar-refractivity contribution is 0.569. The van der Waals surface area contributed by atoms with Crippen LogP contribution >= 0.6 is 22.9 Å². The zero-order valence-electron chi connectivity index (χ0n) is 55.9. The highest BCUT2D eigenvalue weighted by Crippen LogP contribution is 2.55. The Labute approximate surface area is 527 Å². The molecule has 0 aliphatic carbocycles. The van der Waals surface area contributed by atoms with Crippen molar-refractivity contribution in [1.29, 1.82) is 0 Å². The quantitative estimate of drug-likeness (QED) is 0.127. The van der Waals surface area contributed by atoms with Crippen molar-refractivity contribution in [2.75, 3.05) is 9.80 Å². The molecule has 0 radical (unpaired) electrons. The van der Waals surface area contributed by atoms with E-state index in [1.54, 1.807) is 17.4 Å². The van der Waals surface area contributed by atoms with Gasteiger partial charge in [-0.05, 0) is 155 Å². The van der Waals surface area contributed by atoms with Gasteiger partial charge in [0.2, 0.25) is 0 Å². The molecule has 86 heavy (non-hydrogen) atoms. The van der Waals surface area contributed by atoms with E-state index in [0.717, 1.165) is 95.0 Å². The molecule has 2 nitrogen and oxygen atoms in total. The van der Waals surface area contributed by atoms with Crippen LogP contribution in [0.25, 0.3) is 65.7 Å². The van der Waals surface area contributed by atoms with Crippen LogP contribution in [0.15, 0.2) is 230 Å². The lowest BCUT2D eigenvalue weighted by atomic mass is 9.79. The normalized spacial score (nSPS) is 12.9. The minimum atomic E-state index is -0.273. The molecule has 0 fully saturated rings. The molecule has 0 saturated heterocycles. The molecule has 11 aromatic rings. The third kappa shape index (κ3) is 12.4. The van der Waals surface area contributed by atoms with Crippen molar-refractivity contribution in [2.45, 2.75) is 131 Å². The Hall–Kier alpha value is -7.95. The van der Waals surface area contributed by atoms with E-state index in [0.29, 0.717) is 5.69 Å². The van der Waals surface area contributed by atoms with E-state index in [4.69, 9.17) is 13.0 Å². The standard InChI is InChI=1S/C82H83ClN2S/c1-78(2,3)60-39-40-69-74(53-86-75(69)50-60)85(77-72(56-33-24-18-25-34-56)48-64(82(13,14)15)49-73(77)57-35-26-19-27-36-57)68-44-59(58-41-61(79(4,5)6)45-62(42-58)80(7,8)9)43-67(52-68)84(66-38-28-37-65(83)51-66)76-70(54-29-20-16-21-30-54)46-63(81(10,11)12)47-71(76)55-31-22-17-23-32-55/h16-53H,1-15H3/i28D,37D,51D. The van der Waals surface area contributed by atoms with Gasteiger partial charge in [-0.1, -0.05) is 273 Å². The molecule has 0 amide bonds. The predicted molar refractivity (Wildman–Crippen MR) is 377 cm³/mol. The smallest absolute Gasteiger partial charge is 0.0661 e. The maximum Gasteiger partial charge on any atom is 0.0661 e. The summed E-state index contributed by atoms with van der Waals surface area (Å²) < 4.78 is 30.1. The Morgan fingerprint density at radius 1 is 0.349 bits per heavy atom. The van der Waals surface area contributed by atoms with Gasteiger partial charge in [0.1, 0.15) is 0 Å². The summed E-state index contributed by atoms with van der Waals surface area (Å²) in [6, 6.07) is 74.7. The number of rotatable bonds is 11. The van der Waals surface area contributed by atoms with Gasteiger partial charge in [-0.25, -0.2) is 0 Å². The minimum absolute atomic E-state index is 0.0480. The van der Waals surface area contributed by atoms with Crippen LogP contribution in [0.4, 0.5) is 34.1 Å².